The summed E-state index contributed by atoms with van der Waals surface area (Å²) in [7, 11) is 1.47. The number of amides is 2. The number of likely N-dealkylation sites (tertiary alicyclic amines) is 1. The fourth-order valence-corrected chi connectivity index (χ4v) is 3.13. The number of carbonyl (C=O) groups excluding carboxylic acids is 1. The number of carboxylic acids is 1. The highest BCUT2D eigenvalue weighted by Gasteiger charge is 2.46. The first-order valence-electron chi connectivity index (χ1n) is 7.76. The Bertz CT molecular complexity index is 756. The minimum atomic E-state index is -1.02. The van der Waals surface area contributed by atoms with Crippen LogP contribution < -0.4 is 5.32 Å². The first-order valence-corrected chi connectivity index (χ1v) is 7.76. The van der Waals surface area contributed by atoms with Crippen LogP contribution in [0.25, 0.3) is 11.0 Å². The second kappa shape index (κ2) is 6.52. The third kappa shape index (κ3) is 2.94. The van der Waals surface area contributed by atoms with Crippen molar-refractivity contribution < 1.29 is 23.8 Å². The molecule has 1 aromatic heterocycles. The first-order chi connectivity index (χ1) is 11.6. The Labute approximate surface area is 139 Å². The number of hydrogen-bond acceptors (Lipinski definition) is 4. The Morgan fingerprint density at radius 2 is 2.21 bits per heavy atom. The summed E-state index contributed by atoms with van der Waals surface area (Å²) in [5.41, 5.74) is 0.640. The average molecular weight is 332 g/mol. The number of fused-ring (bicyclic) bond motifs is 1. The van der Waals surface area contributed by atoms with Crippen LogP contribution in [0.15, 0.2) is 34.9 Å². The number of urea groups is 1. The van der Waals surface area contributed by atoms with Crippen molar-refractivity contribution in [2.24, 2.45) is 5.41 Å². The maximum atomic E-state index is 12.3. The molecule has 2 aromatic rings. The standard InChI is InChI=1S/C17H20N2O5/c1-23-11-17(15(20)21)6-7-19(10-17)16(22)18-8-12-9-24-14-5-3-2-4-13(12)14/h2-5,9H,6-8,10-11H2,1H3,(H,18,22)(H,20,21). The van der Waals surface area contributed by atoms with Gasteiger partial charge < -0.3 is 24.5 Å². The van der Waals surface area contributed by atoms with E-state index in [1.165, 1.54) is 12.0 Å². The van der Waals surface area contributed by atoms with Crippen molar-refractivity contribution in [3.63, 3.8) is 0 Å². The molecule has 1 fully saturated rings. The van der Waals surface area contributed by atoms with Crippen LogP contribution >= 0.6 is 0 Å². The van der Waals surface area contributed by atoms with Gasteiger partial charge in [0, 0.05) is 37.7 Å². The van der Waals surface area contributed by atoms with Crippen LogP contribution in [-0.4, -0.2) is 48.8 Å². The van der Waals surface area contributed by atoms with Gasteiger partial charge in [-0.15, -0.1) is 0 Å². The van der Waals surface area contributed by atoms with Crippen LogP contribution in [0, 0.1) is 5.41 Å². The normalized spacial score (nSPS) is 20.5. The summed E-state index contributed by atoms with van der Waals surface area (Å²) in [4.78, 5) is 25.4. The van der Waals surface area contributed by atoms with Gasteiger partial charge in [-0.05, 0) is 12.5 Å². The van der Waals surface area contributed by atoms with Gasteiger partial charge in [0.2, 0.25) is 0 Å². The fourth-order valence-electron chi connectivity index (χ4n) is 3.13. The number of methoxy groups -OCH3 is 1. The lowest BCUT2D eigenvalue weighted by Gasteiger charge is -2.23. The lowest BCUT2D eigenvalue weighted by Crippen LogP contribution is -2.43. The summed E-state index contributed by atoms with van der Waals surface area (Å²) in [6.45, 7) is 0.969. The lowest BCUT2D eigenvalue weighted by molar-refractivity contribution is -0.151. The number of ether oxygens (including phenoxy) is 1. The van der Waals surface area contributed by atoms with Gasteiger partial charge in [0.15, 0.2) is 0 Å². The van der Waals surface area contributed by atoms with Crippen LogP contribution in [0.3, 0.4) is 0 Å². The van der Waals surface area contributed by atoms with Crippen molar-refractivity contribution in [1.82, 2.24) is 10.2 Å². The van der Waals surface area contributed by atoms with Crippen LogP contribution in [-0.2, 0) is 16.1 Å². The quantitative estimate of drug-likeness (QED) is 0.874. The first kappa shape index (κ1) is 16.3. The number of aliphatic carboxylic acids is 1. The van der Waals surface area contributed by atoms with Gasteiger partial charge in [-0.2, -0.15) is 0 Å². The van der Waals surface area contributed by atoms with E-state index >= 15 is 0 Å². The second-order valence-corrected chi connectivity index (χ2v) is 6.11. The zero-order chi connectivity index (χ0) is 17.2. The SMILES string of the molecule is COCC1(C(=O)O)CCN(C(=O)NCc2coc3ccccc23)C1. The predicted octanol–water partition coefficient (Wildman–Crippen LogP) is 2.07. The molecule has 1 aliphatic heterocycles. The van der Waals surface area contributed by atoms with Crippen molar-refractivity contribution in [1.29, 1.82) is 0 Å². The number of furan rings is 1. The van der Waals surface area contributed by atoms with Crippen molar-refractivity contribution in [2.45, 2.75) is 13.0 Å². The van der Waals surface area contributed by atoms with Crippen molar-refractivity contribution in [2.75, 3.05) is 26.8 Å². The number of carboxylic acid groups (broad SMARTS) is 1. The summed E-state index contributed by atoms with van der Waals surface area (Å²) in [5.74, 6) is -0.930. The van der Waals surface area contributed by atoms with E-state index in [1.54, 1.807) is 6.26 Å². The number of hydrogen-bond donors (Lipinski definition) is 2. The molecule has 7 heteroatoms. The number of nitrogens with zero attached hydrogens (tertiary/aromatic N) is 1. The second-order valence-electron chi connectivity index (χ2n) is 6.11. The topological polar surface area (TPSA) is 92.0 Å². The highest BCUT2D eigenvalue weighted by Crippen LogP contribution is 2.31. The Hall–Kier alpha value is -2.54. The Kier molecular flexibility index (Phi) is 4.44. The minimum absolute atomic E-state index is 0.0957. The molecule has 0 radical (unpaired) electrons. The Morgan fingerprint density at radius 1 is 1.42 bits per heavy atom. The molecule has 2 N–H and O–H groups in total. The molecule has 0 spiro atoms. The molecular formula is C17H20N2O5. The predicted molar refractivity (Wildman–Crippen MR) is 86.6 cm³/mol. The molecule has 1 atom stereocenters. The molecule has 24 heavy (non-hydrogen) atoms. The van der Waals surface area contributed by atoms with Crippen molar-refractivity contribution in [3.05, 3.63) is 36.1 Å². The molecule has 0 saturated carbocycles. The van der Waals surface area contributed by atoms with E-state index < -0.39 is 11.4 Å². The number of rotatable bonds is 5. The number of carbonyl (C=O) groups is 2. The van der Waals surface area contributed by atoms with Gasteiger partial charge in [-0.3, -0.25) is 4.79 Å². The van der Waals surface area contributed by atoms with Gasteiger partial charge in [0.05, 0.1) is 12.9 Å². The maximum Gasteiger partial charge on any atom is 0.317 e. The summed E-state index contributed by atoms with van der Waals surface area (Å²) in [6.07, 6.45) is 2.01. The van der Waals surface area contributed by atoms with E-state index in [1.807, 2.05) is 24.3 Å². The number of para-hydroxylation sites is 1. The highest BCUT2D eigenvalue weighted by atomic mass is 16.5. The molecule has 7 nitrogen and oxygen atoms in total. The molecule has 0 aliphatic carbocycles. The third-order valence-corrected chi connectivity index (χ3v) is 4.51. The Balaban J connectivity index is 1.63. The monoisotopic (exact) mass is 332 g/mol. The van der Waals surface area contributed by atoms with Crippen LogP contribution in [0.5, 0.6) is 0 Å². The fraction of sp³-hybridized carbons (Fsp3) is 0.412. The largest absolute Gasteiger partial charge is 0.481 e. The molecule has 2 amide bonds. The molecule has 3 rings (SSSR count). The average Bonchev–Trinajstić information content (AvgIpc) is 3.18. The minimum Gasteiger partial charge on any atom is -0.481 e. The van der Waals surface area contributed by atoms with E-state index in [0.29, 0.717) is 19.5 Å². The van der Waals surface area contributed by atoms with Crippen LogP contribution in [0.2, 0.25) is 0 Å². The zero-order valence-corrected chi connectivity index (χ0v) is 13.4. The summed E-state index contributed by atoms with van der Waals surface area (Å²) >= 11 is 0. The molecule has 128 valence electrons. The maximum absolute atomic E-state index is 12.3. The molecule has 1 saturated heterocycles. The van der Waals surface area contributed by atoms with Gasteiger partial charge in [-0.1, -0.05) is 18.2 Å². The molecule has 0 bridgehead atoms. The molecule has 1 aromatic carbocycles. The van der Waals surface area contributed by atoms with Crippen LogP contribution in [0.4, 0.5) is 4.79 Å². The molecule has 1 aliphatic rings. The van der Waals surface area contributed by atoms with Gasteiger partial charge in [0.1, 0.15) is 11.0 Å². The van der Waals surface area contributed by atoms with E-state index in [-0.39, 0.29) is 19.2 Å². The number of nitrogens with one attached hydrogen (secondary N) is 1. The van der Waals surface area contributed by atoms with Gasteiger partial charge in [0.25, 0.3) is 0 Å². The Morgan fingerprint density at radius 3 is 2.96 bits per heavy atom. The van der Waals surface area contributed by atoms with E-state index in [0.717, 1.165) is 16.5 Å². The number of benzene rings is 1. The van der Waals surface area contributed by atoms with Crippen LogP contribution in [0.1, 0.15) is 12.0 Å². The van der Waals surface area contributed by atoms with E-state index in [9.17, 15) is 14.7 Å². The molecular weight excluding hydrogens is 312 g/mol. The third-order valence-electron chi connectivity index (χ3n) is 4.51. The van der Waals surface area contributed by atoms with Crippen molar-refractivity contribution in [3.8, 4) is 0 Å². The zero-order valence-electron chi connectivity index (χ0n) is 13.4. The van der Waals surface area contributed by atoms with Crippen molar-refractivity contribution >= 4 is 23.0 Å². The summed E-state index contributed by atoms with van der Waals surface area (Å²) in [5, 5.41) is 13.2. The van der Waals surface area contributed by atoms with Gasteiger partial charge >= 0.3 is 12.0 Å². The molecule has 1 unspecified atom stereocenters. The smallest absolute Gasteiger partial charge is 0.317 e. The summed E-state index contributed by atoms with van der Waals surface area (Å²) < 4.78 is 10.5. The molecule has 2 heterocycles. The van der Waals surface area contributed by atoms with Gasteiger partial charge in [-0.25, -0.2) is 4.79 Å². The lowest BCUT2D eigenvalue weighted by atomic mass is 9.88. The van der Waals surface area contributed by atoms with E-state index in [2.05, 4.69) is 5.32 Å². The summed E-state index contributed by atoms with van der Waals surface area (Å²) in [6, 6.07) is 7.33. The van der Waals surface area contributed by atoms with E-state index in [4.69, 9.17) is 9.15 Å². The highest BCUT2D eigenvalue weighted by molar-refractivity contribution is 5.82.